The number of aromatic nitrogens is 1. The van der Waals surface area contributed by atoms with E-state index in [2.05, 4.69) is 79.3 Å². The number of hydrogen-bond donors (Lipinski definition) is 0. The molecule has 3 aromatic carbocycles. The van der Waals surface area contributed by atoms with E-state index < -0.39 is 0 Å². The van der Waals surface area contributed by atoms with E-state index in [0.717, 1.165) is 33.5 Å². The summed E-state index contributed by atoms with van der Waals surface area (Å²) in [6.07, 6.45) is 2.06. The zero-order valence-electron chi connectivity index (χ0n) is 17.6. The number of hydrogen-bond acceptors (Lipinski definition) is 0. The minimum absolute atomic E-state index is 0. The average molecular weight is 536 g/mol. The van der Waals surface area contributed by atoms with Gasteiger partial charge in [-0.15, -0.1) is 42.0 Å². The summed E-state index contributed by atoms with van der Waals surface area (Å²) in [4.78, 5) is 0. The van der Waals surface area contributed by atoms with E-state index in [4.69, 9.17) is 0 Å². The first-order valence-corrected chi connectivity index (χ1v) is 8.61. The third-order valence-electron chi connectivity index (χ3n) is 4.50. The molecule has 0 spiro atoms. The van der Waals surface area contributed by atoms with E-state index in [0.29, 0.717) is 0 Å². The van der Waals surface area contributed by atoms with E-state index in [1.165, 1.54) is 5.56 Å². The number of rotatable bonds is 3. The fourth-order valence-corrected chi connectivity index (χ4v) is 3.06. The molecule has 0 N–H and O–H groups in total. The molecule has 30 heavy (non-hydrogen) atoms. The third-order valence-corrected chi connectivity index (χ3v) is 4.50. The van der Waals surface area contributed by atoms with Crippen molar-refractivity contribution < 1.29 is 70.0 Å². The molecule has 4 rings (SSSR count). The molecule has 0 aliphatic heterocycles. The zero-order valence-corrected chi connectivity index (χ0v) is 23.3. The molecule has 0 fully saturated rings. The largest absolute Gasteiger partial charge is 3.00 e. The van der Waals surface area contributed by atoms with Crippen LogP contribution in [0.2, 0.25) is 0 Å². The second-order valence-electron chi connectivity index (χ2n) is 6.31. The van der Waals surface area contributed by atoms with Gasteiger partial charge in [-0.05, 0) is 6.07 Å². The minimum atomic E-state index is 0. The van der Waals surface area contributed by atoms with Crippen molar-refractivity contribution in [3.05, 3.63) is 110 Å². The van der Waals surface area contributed by atoms with Gasteiger partial charge >= 0.3 is 32.7 Å². The van der Waals surface area contributed by atoms with Crippen molar-refractivity contribution in [3.8, 4) is 33.5 Å². The summed E-state index contributed by atoms with van der Waals surface area (Å²) in [6, 6.07) is 35.8. The van der Waals surface area contributed by atoms with E-state index >= 15 is 0 Å². The van der Waals surface area contributed by atoms with Crippen LogP contribution < -0.4 is 4.57 Å². The summed E-state index contributed by atoms with van der Waals surface area (Å²) in [5.74, 6) is 0. The first-order valence-electron chi connectivity index (χ1n) is 8.61. The quantitative estimate of drug-likeness (QED) is 0.196. The van der Waals surface area contributed by atoms with Crippen molar-refractivity contribution in [2.45, 2.75) is 6.92 Å². The number of benzene rings is 3. The normalized spacial score (nSPS) is 9.27. The maximum Gasteiger partial charge on any atom is 3.00 e. The summed E-state index contributed by atoms with van der Waals surface area (Å²) in [5.41, 5.74) is 7.54. The van der Waals surface area contributed by atoms with Crippen LogP contribution in [0.1, 0.15) is 5.56 Å². The van der Waals surface area contributed by atoms with Crippen LogP contribution in [0, 0.1) is 38.6 Å². The Morgan fingerprint density at radius 1 is 0.800 bits per heavy atom. The fraction of sp³-hybridized carbons (Fsp3) is 0.0769. The Hall–Kier alpha value is -0.917. The first kappa shape index (κ1) is 29.1. The molecule has 0 aliphatic carbocycles. The van der Waals surface area contributed by atoms with Crippen molar-refractivity contribution >= 4 is 8.41 Å². The Kier molecular flexibility index (Phi) is 13.1. The Morgan fingerprint density at radius 3 is 2.17 bits per heavy atom. The molecule has 4 radical (unpaired) electrons. The summed E-state index contributed by atoms with van der Waals surface area (Å²) in [7, 11) is 2.06. The number of nitrogens with zero attached hydrogens (tertiary/aromatic N) is 1. The van der Waals surface area contributed by atoms with Crippen molar-refractivity contribution in [1.29, 1.82) is 0 Å². The van der Waals surface area contributed by atoms with Gasteiger partial charge in [-0.1, -0.05) is 18.6 Å². The molecule has 4 aromatic rings. The topological polar surface area (TPSA) is 3.88 Å². The summed E-state index contributed by atoms with van der Waals surface area (Å²) < 4.78 is 2.12. The molecule has 0 bridgehead atoms. The molecule has 1 heterocycles. The van der Waals surface area contributed by atoms with Crippen LogP contribution in [-0.4, -0.2) is 8.41 Å². The standard InChI is InChI=1S/C25H18N.CH3.B.2Y/c1-19-14-15-23(18-24(19)25-13-6-7-16-26(25)2)22-12-8-11-21(17-22)20-9-4-3-5-10-20;;;;/h3-9,13-17H,1-2H3;1H3;;;/q-3;-1;;;+3. The van der Waals surface area contributed by atoms with Crippen LogP contribution in [0.15, 0.2) is 72.9 Å². The molecule has 0 aliphatic rings. The van der Waals surface area contributed by atoms with E-state index in [1.807, 2.05) is 36.4 Å². The van der Waals surface area contributed by atoms with Gasteiger partial charge < -0.3 is 31.2 Å². The molecule has 1 nitrogen and oxygen atoms in total. The zero-order chi connectivity index (χ0) is 17.9. The van der Waals surface area contributed by atoms with Gasteiger partial charge in [0.05, 0.1) is 0 Å². The molecule has 0 unspecified atom stereocenters. The van der Waals surface area contributed by atoms with Crippen LogP contribution >= 0.6 is 0 Å². The van der Waals surface area contributed by atoms with Crippen LogP contribution in [0.4, 0.5) is 0 Å². The van der Waals surface area contributed by atoms with Crippen molar-refractivity contribution in [1.82, 2.24) is 0 Å². The van der Waals surface area contributed by atoms with E-state index in [1.54, 1.807) is 0 Å². The van der Waals surface area contributed by atoms with Gasteiger partial charge in [0.1, 0.15) is 12.7 Å². The van der Waals surface area contributed by atoms with Crippen molar-refractivity contribution in [2.75, 3.05) is 0 Å². The molecule has 140 valence electrons. The van der Waals surface area contributed by atoms with Gasteiger partial charge in [0.2, 0.25) is 0 Å². The molecule has 4 heteroatoms. The second-order valence-corrected chi connectivity index (χ2v) is 6.31. The maximum atomic E-state index is 3.59. The molecular weight excluding hydrogens is 515 g/mol. The number of pyridine rings is 1. The average Bonchev–Trinajstić information content (AvgIpc) is 2.70. The summed E-state index contributed by atoms with van der Waals surface area (Å²) in [6.45, 7) is 2.12. The van der Waals surface area contributed by atoms with Crippen LogP contribution in [0.25, 0.3) is 33.5 Å². The van der Waals surface area contributed by atoms with Crippen molar-refractivity contribution in [3.63, 3.8) is 0 Å². The monoisotopic (exact) mass is 536 g/mol. The minimum Gasteiger partial charge on any atom is -0.358 e. The summed E-state index contributed by atoms with van der Waals surface area (Å²) in [5, 5.41) is 0. The third kappa shape index (κ3) is 6.54. The van der Waals surface area contributed by atoms with Crippen LogP contribution in [0.3, 0.4) is 0 Å². The predicted molar refractivity (Wildman–Crippen MR) is 116 cm³/mol. The first-order chi connectivity index (χ1) is 12.7. The molecule has 0 atom stereocenters. The SMILES string of the molecule is Cc1ccc(-c2[c-]c[c-]c(-c3[c-]cccc3)c2)[c-]c1-c1cccc[n+]1C.[B].[CH3-].[Y+3].[Y]. The fourth-order valence-electron chi connectivity index (χ4n) is 3.06. The second kappa shape index (κ2) is 13.5. The van der Waals surface area contributed by atoms with E-state index in [9.17, 15) is 0 Å². The van der Waals surface area contributed by atoms with Gasteiger partial charge in [0, 0.05) is 47.2 Å². The maximum absolute atomic E-state index is 3.59. The molecule has 1 aromatic heterocycles. The molecule has 0 saturated carbocycles. The Morgan fingerprint density at radius 2 is 1.50 bits per heavy atom. The summed E-state index contributed by atoms with van der Waals surface area (Å²) >= 11 is 0. The van der Waals surface area contributed by atoms with Gasteiger partial charge in [-0.25, -0.2) is 16.7 Å². The Labute approximate surface area is 233 Å². The molecule has 0 saturated heterocycles. The van der Waals surface area contributed by atoms with Crippen LogP contribution in [-0.2, 0) is 72.5 Å². The molecule has 0 amide bonds. The van der Waals surface area contributed by atoms with Crippen molar-refractivity contribution in [2.24, 2.45) is 7.05 Å². The Balaban J connectivity index is 0.00000210. The van der Waals surface area contributed by atoms with E-state index in [-0.39, 0.29) is 81.3 Å². The van der Waals surface area contributed by atoms with Gasteiger partial charge in [-0.3, -0.25) is 17.2 Å². The van der Waals surface area contributed by atoms with Gasteiger partial charge in [0.25, 0.3) is 0 Å². The van der Waals surface area contributed by atoms with Crippen LogP contribution in [0.5, 0.6) is 0 Å². The molecular formula is C26H21BNY2-. The smallest absolute Gasteiger partial charge is 0.358 e. The Bertz CT molecular complexity index is 1070. The number of aryl methyl sites for hydroxylation is 2. The van der Waals surface area contributed by atoms with Gasteiger partial charge in [0.15, 0.2) is 6.20 Å². The van der Waals surface area contributed by atoms with Gasteiger partial charge in [-0.2, -0.15) is 5.56 Å². The predicted octanol–water partition coefficient (Wildman–Crippen LogP) is 5.09.